The zero-order valence-corrected chi connectivity index (χ0v) is 7.38. The second-order valence-electron chi connectivity index (χ2n) is 3.07. The molecule has 0 aromatic carbocycles. The van der Waals surface area contributed by atoms with Crippen LogP contribution < -0.4 is 0 Å². The van der Waals surface area contributed by atoms with E-state index in [-0.39, 0.29) is 11.5 Å². The van der Waals surface area contributed by atoms with Gasteiger partial charge in [0.05, 0.1) is 11.5 Å². The molecule has 3 unspecified atom stereocenters. The molecule has 1 aliphatic heterocycles. The van der Waals surface area contributed by atoms with Gasteiger partial charge in [-0.15, -0.1) is 0 Å². The van der Waals surface area contributed by atoms with Crippen LogP contribution in [0.2, 0.25) is 0 Å². The van der Waals surface area contributed by atoms with Crippen molar-refractivity contribution < 1.29 is 5.11 Å². The van der Waals surface area contributed by atoms with Crippen LogP contribution in [0.15, 0.2) is 0 Å². The van der Waals surface area contributed by atoms with Gasteiger partial charge in [0.1, 0.15) is 0 Å². The molecule has 0 aromatic heterocycles. The lowest BCUT2D eigenvalue weighted by Gasteiger charge is -2.23. The first-order valence-electron chi connectivity index (χ1n) is 3.73. The van der Waals surface area contributed by atoms with Gasteiger partial charge in [0.25, 0.3) is 0 Å². The lowest BCUT2D eigenvalue weighted by molar-refractivity contribution is 0.174. The number of aliphatic hydroxyl groups is 1. The van der Waals surface area contributed by atoms with E-state index < -0.39 is 0 Å². The minimum absolute atomic E-state index is 0.135. The molecular weight excluding hydrogens is 146 g/mol. The van der Waals surface area contributed by atoms with Gasteiger partial charge in [-0.2, -0.15) is 12.6 Å². The monoisotopic (exact) mass is 161 g/mol. The van der Waals surface area contributed by atoms with Crippen LogP contribution >= 0.6 is 12.6 Å². The van der Waals surface area contributed by atoms with Gasteiger partial charge in [-0.3, -0.25) is 4.90 Å². The van der Waals surface area contributed by atoms with Crippen molar-refractivity contribution in [1.82, 2.24) is 4.90 Å². The van der Waals surface area contributed by atoms with Gasteiger partial charge in [-0.25, -0.2) is 0 Å². The molecule has 1 N–H and O–H groups in total. The van der Waals surface area contributed by atoms with E-state index in [4.69, 9.17) is 0 Å². The third kappa shape index (κ3) is 1.65. The van der Waals surface area contributed by atoms with Crippen molar-refractivity contribution in [3.05, 3.63) is 0 Å². The fourth-order valence-electron chi connectivity index (χ4n) is 1.55. The van der Waals surface area contributed by atoms with Crippen LogP contribution in [-0.2, 0) is 0 Å². The highest BCUT2D eigenvalue weighted by atomic mass is 32.1. The Morgan fingerprint density at radius 2 is 2.30 bits per heavy atom. The van der Waals surface area contributed by atoms with Gasteiger partial charge in [-0.05, 0) is 20.3 Å². The Bertz CT molecular complexity index is 118. The van der Waals surface area contributed by atoms with Gasteiger partial charge in [0, 0.05) is 12.6 Å². The largest absolute Gasteiger partial charge is 0.392 e. The van der Waals surface area contributed by atoms with Crippen molar-refractivity contribution in [2.75, 3.05) is 6.54 Å². The van der Waals surface area contributed by atoms with E-state index in [2.05, 4.69) is 24.5 Å². The Kier molecular flexibility index (Phi) is 2.61. The van der Waals surface area contributed by atoms with Crippen molar-refractivity contribution in [2.45, 2.75) is 37.8 Å². The first-order valence-corrected chi connectivity index (χ1v) is 4.24. The van der Waals surface area contributed by atoms with Crippen molar-refractivity contribution in [2.24, 2.45) is 0 Å². The summed E-state index contributed by atoms with van der Waals surface area (Å²) in [6.45, 7) is 4.95. The standard InChI is InChI=1S/C7H15NOS/c1-5-3-7(9)4-8(5)6(2)10/h5-7,9-10H,3-4H2,1-2H3. The summed E-state index contributed by atoms with van der Waals surface area (Å²) < 4.78 is 0. The van der Waals surface area contributed by atoms with Gasteiger partial charge >= 0.3 is 0 Å². The molecule has 1 heterocycles. The molecule has 0 aliphatic carbocycles. The van der Waals surface area contributed by atoms with Gasteiger partial charge in [0.2, 0.25) is 0 Å². The average Bonchev–Trinajstić information content (AvgIpc) is 2.10. The number of hydrogen-bond donors (Lipinski definition) is 2. The molecule has 0 saturated carbocycles. The smallest absolute Gasteiger partial charge is 0.0682 e. The number of nitrogens with zero attached hydrogens (tertiary/aromatic N) is 1. The summed E-state index contributed by atoms with van der Waals surface area (Å²) in [5, 5.41) is 9.51. The van der Waals surface area contributed by atoms with Crippen LogP contribution in [0.5, 0.6) is 0 Å². The predicted octanol–water partition coefficient (Wildman–Crippen LogP) is 0.717. The number of rotatable bonds is 1. The predicted molar refractivity (Wildman–Crippen MR) is 45.2 cm³/mol. The molecule has 1 saturated heterocycles. The highest BCUT2D eigenvalue weighted by molar-refractivity contribution is 7.80. The van der Waals surface area contributed by atoms with E-state index in [1.165, 1.54) is 0 Å². The summed E-state index contributed by atoms with van der Waals surface area (Å²) in [6.07, 6.45) is 0.759. The van der Waals surface area contributed by atoms with Crippen LogP contribution in [-0.4, -0.2) is 34.1 Å². The molecule has 0 bridgehead atoms. The summed E-state index contributed by atoms with van der Waals surface area (Å²) in [5.74, 6) is 0. The third-order valence-corrected chi connectivity index (χ3v) is 2.38. The van der Waals surface area contributed by atoms with Crippen LogP contribution in [0.25, 0.3) is 0 Å². The Balaban J connectivity index is 2.46. The summed E-state index contributed by atoms with van der Waals surface area (Å²) in [7, 11) is 0. The second kappa shape index (κ2) is 3.11. The first kappa shape index (κ1) is 8.37. The Morgan fingerprint density at radius 1 is 1.70 bits per heavy atom. The van der Waals surface area contributed by atoms with Crippen LogP contribution in [0.4, 0.5) is 0 Å². The molecule has 10 heavy (non-hydrogen) atoms. The van der Waals surface area contributed by atoms with Crippen LogP contribution in [0.1, 0.15) is 20.3 Å². The van der Waals surface area contributed by atoms with E-state index in [9.17, 15) is 5.11 Å². The molecule has 1 aliphatic rings. The fraction of sp³-hybridized carbons (Fsp3) is 1.00. The van der Waals surface area contributed by atoms with Crippen molar-refractivity contribution >= 4 is 12.6 Å². The van der Waals surface area contributed by atoms with E-state index in [0.29, 0.717) is 6.04 Å². The first-order chi connectivity index (χ1) is 4.61. The molecule has 0 spiro atoms. The van der Waals surface area contributed by atoms with E-state index in [0.717, 1.165) is 13.0 Å². The molecule has 60 valence electrons. The second-order valence-corrected chi connectivity index (χ2v) is 3.81. The Hall–Kier alpha value is 0.270. The maximum atomic E-state index is 9.24. The molecule has 1 rings (SSSR count). The average molecular weight is 161 g/mol. The normalized spacial score (nSPS) is 38.4. The lowest BCUT2D eigenvalue weighted by Crippen LogP contribution is -2.32. The Labute approximate surface area is 67.6 Å². The third-order valence-electron chi connectivity index (χ3n) is 2.08. The molecule has 1 fully saturated rings. The van der Waals surface area contributed by atoms with Crippen molar-refractivity contribution in [3.63, 3.8) is 0 Å². The van der Waals surface area contributed by atoms with Gasteiger partial charge in [0.15, 0.2) is 0 Å². The number of thiol groups is 1. The maximum Gasteiger partial charge on any atom is 0.0682 e. The number of aliphatic hydroxyl groups excluding tert-OH is 1. The molecule has 2 nitrogen and oxygen atoms in total. The summed E-state index contributed by atoms with van der Waals surface area (Å²) in [4.78, 5) is 2.20. The van der Waals surface area contributed by atoms with Crippen LogP contribution in [0, 0.1) is 0 Å². The molecule has 0 radical (unpaired) electrons. The maximum absolute atomic E-state index is 9.24. The van der Waals surface area contributed by atoms with Crippen LogP contribution in [0.3, 0.4) is 0 Å². The number of likely N-dealkylation sites (tertiary alicyclic amines) is 1. The number of hydrogen-bond acceptors (Lipinski definition) is 3. The van der Waals surface area contributed by atoms with Gasteiger partial charge < -0.3 is 5.11 Å². The summed E-state index contributed by atoms with van der Waals surface area (Å²) in [6, 6.07) is 0.488. The van der Waals surface area contributed by atoms with Gasteiger partial charge in [-0.1, -0.05) is 0 Å². The molecular formula is C7H15NOS. The molecule has 0 aromatic rings. The highest BCUT2D eigenvalue weighted by Crippen LogP contribution is 2.20. The zero-order valence-electron chi connectivity index (χ0n) is 6.49. The summed E-state index contributed by atoms with van der Waals surface area (Å²) >= 11 is 4.31. The minimum Gasteiger partial charge on any atom is -0.392 e. The topological polar surface area (TPSA) is 23.5 Å². The zero-order chi connectivity index (χ0) is 7.72. The minimum atomic E-state index is -0.135. The summed E-state index contributed by atoms with van der Waals surface area (Å²) in [5.41, 5.74) is 0. The van der Waals surface area contributed by atoms with Crippen molar-refractivity contribution in [1.29, 1.82) is 0 Å². The van der Waals surface area contributed by atoms with E-state index in [1.807, 2.05) is 6.92 Å². The number of β-amino-alcohol motifs (C(OH)–C–C–N with tert-alkyl or cyclic N) is 1. The van der Waals surface area contributed by atoms with Crippen molar-refractivity contribution in [3.8, 4) is 0 Å². The van der Waals surface area contributed by atoms with E-state index in [1.54, 1.807) is 0 Å². The molecule has 3 atom stereocenters. The Morgan fingerprint density at radius 3 is 2.50 bits per heavy atom. The lowest BCUT2D eigenvalue weighted by atomic mass is 10.2. The highest BCUT2D eigenvalue weighted by Gasteiger charge is 2.29. The SMILES string of the molecule is CC(S)N1CC(O)CC1C. The quantitative estimate of drug-likeness (QED) is 0.554. The molecule has 3 heteroatoms. The fourth-order valence-corrected chi connectivity index (χ4v) is 1.87. The van der Waals surface area contributed by atoms with E-state index >= 15 is 0 Å². The molecule has 0 amide bonds.